The van der Waals surface area contributed by atoms with Crippen LogP contribution in [0.2, 0.25) is 5.02 Å². The van der Waals surface area contributed by atoms with E-state index in [-0.39, 0.29) is 23.1 Å². The molecule has 24 heavy (non-hydrogen) atoms. The van der Waals surface area contributed by atoms with Gasteiger partial charge >= 0.3 is 5.97 Å². The van der Waals surface area contributed by atoms with Crippen molar-refractivity contribution < 1.29 is 19.1 Å². The highest BCUT2D eigenvalue weighted by molar-refractivity contribution is 6.31. The summed E-state index contributed by atoms with van der Waals surface area (Å²) in [6.45, 7) is 0.464. The third kappa shape index (κ3) is 3.56. The van der Waals surface area contributed by atoms with E-state index in [0.29, 0.717) is 24.4 Å². The van der Waals surface area contributed by atoms with Crippen LogP contribution in [0.4, 0.5) is 4.39 Å². The van der Waals surface area contributed by atoms with Crippen molar-refractivity contribution in [3.63, 3.8) is 0 Å². The molecule has 2 fully saturated rings. The molecular weight excluding hydrogens is 333 g/mol. The highest BCUT2D eigenvalue weighted by Gasteiger charge is 2.46. The molecule has 1 amide bonds. The summed E-state index contributed by atoms with van der Waals surface area (Å²) < 4.78 is 13.2. The number of carboxylic acids is 1. The summed E-state index contributed by atoms with van der Waals surface area (Å²) in [5.41, 5.74) is 0.666. The number of carbonyl (C=O) groups is 2. The fourth-order valence-corrected chi connectivity index (χ4v) is 4.03. The second-order valence-corrected chi connectivity index (χ2v) is 7.43. The Kier molecular flexibility index (Phi) is 4.81. The molecule has 0 radical (unpaired) electrons. The first-order valence-corrected chi connectivity index (χ1v) is 8.75. The number of hydrogen-bond acceptors (Lipinski definition) is 2. The van der Waals surface area contributed by atoms with E-state index in [1.165, 1.54) is 12.1 Å². The molecule has 4 nitrogen and oxygen atoms in total. The molecule has 3 rings (SSSR count). The van der Waals surface area contributed by atoms with Gasteiger partial charge in [0, 0.05) is 22.9 Å². The third-order valence-corrected chi connectivity index (χ3v) is 5.66. The molecule has 2 unspecified atom stereocenters. The van der Waals surface area contributed by atoms with Gasteiger partial charge in [-0.05, 0) is 49.8 Å². The largest absolute Gasteiger partial charge is 0.481 e. The average Bonchev–Trinajstić information content (AvgIpc) is 3.33. The van der Waals surface area contributed by atoms with Crippen LogP contribution >= 0.6 is 11.6 Å². The Bertz CT molecular complexity index is 660. The number of halogens is 2. The molecular formula is C18H21ClFNO3. The molecule has 0 aromatic heterocycles. The summed E-state index contributed by atoms with van der Waals surface area (Å²) >= 11 is 6.15. The predicted molar refractivity (Wildman–Crippen MR) is 88.4 cm³/mol. The summed E-state index contributed by atoms with van der Waals surface area (Å²) in [5.74, 6) is -1.92. The van der Waals surface area contributed by atoms with Crippen molar-refractivity contribution in [1.29, 1.82) is 0 Å². The summed E-state index contributed by atoms with van der Waals surface area (Å²) in [6.07, 6.45) is 4.37. The number of hydrogen-bond donors (Lipinski definition) is 2. The van der Waals surface area contributed by atoms with E-state index in [9.17, 15) is 14.0 Å². The van der Waals surface area contributed by atoms with Crippen LogP contribution in [0.3, 0.4) is 0 Å². The first kappa shape index (κ1) is 17.2. The minimum absolute atomic E-state index is 0.0783. The zero-order valence-corrected chi connectivity index (χ0v) is 14.1. The molecule has 2 aliphatic rings. The van der Waals surface area contributed by atoms with Gasteiger partial charge in [-0.15, -0.1) is 0 Å². The number of benzene rings is 1. The molecule has 0 bridgehead atoms. The van der Waals surface area contributed by atoms with Gasteiger partial charge in [0.05, 0.1) is 5.92 Å². The lowest BCUT2D eigenvalue weighted by Gasteiger charge is -2.27. The Hall–Kier alpha value is -1.62. The van der Waals surface area contributed by atoms with Crippen LogP contribution in [-0.4, -0.2) is 23.5 Å². The molecule has 1 aromatic rings. The van der Waals surface area contributed by atoms with Crippen molar-refractivity contribution in [2.75, 3.05) is 6.54 Å². The van der Waals surface area contributed by atoms with Gasteiger partial charge in [0.25, 0.3) is 0 Å². The lowest BCUT2D eigenvalue weighted by molar-refractivity contribution is -0.144. The monoisotopic (exact) mass is 353 g/mol. The maximum atomic E-state index is 13.2. The zero-order valence-electron chi connectivity index (χ0n) is 13.4. The zero-order chi connectivity index (χ0) is 17.3. The molecule has 2 atom stereocenters. The quantitative estimate of drug-likeness (QED) is 0.851. The van der Waals surface area contributed by atoms with Crippen LogP contribution in [0.15, 0.2) is 18.2 Å². The number of aliphatic carboxylic acids is 1. The summed E-state index contributed by atoms with van der Waals surface area (Å²) in [6, 6.07) is 4.39. The second-order valence-electron chi connectivity index (χ2n) is 7.02. The van der Waals surface area contributed by atoms with Crippen LogP contribution in [-0.2, 0) is 15.0 Å². The Morgan fingerprint density at radius 3 is 2.62 bits per heavy atom. The lowest BCUT2D eigenvalue weighted by atomic mass is 9.81. The van der Waals surface area contributed by atoms with Gasteiger partial charge in [0.2, 0.25) is 5.91 Å². The molecule has 1 aromatic carbocycles. The van der Waals surface area contributed by atoms with Gasteiger partial charge in [-0.2, -0.15) is 0 Å². The minimum Gasteiger partial charge on any atom is -0.481 e. The molecule has 130 valence electrons. The number of amides is 1. The summed E-state index contributed by atoms with van der Waals surface area (Å²) in [4.78, 5) is 23.5. The molecule has 0 spiro atoms. The van der Waals surface area contributed by atoms with E-state index in [4.69, 9.17) is 16.7 Å². The van der Waals surface area contributed by atoms with E-state index in [2.05, 4.69) is 5.32 Å². The molecule has 0 heterocycles. The van der Waals surface area contributed by atoms with Crippen molar-refractivity contribution in [3.05, 3.63) is 34.6 Å². The molecule has 0 saturated heterocycles. The Morgan fingerprint density at radius 2 is 2.00 bits per heavy atom. The van der Waals surface area contributed by atoms with Crippen molar-refractivity contribution in [3.8, 4) is 0 Å². The topological polar surface area (TPSA) is 66.4 Å². The molecule has 6 heteroatoms. The standard InChI is InChI=1S/C18H21ClFNO3/c19-15-9-13(20)4-5-14(15)18(6-7-18)10-21-16(22)11-2-1-3-12(8-11)17(23)24/h4-5,9,11-12H,1-3,6-8,10H2,(H,21,22)(H,23,24). The smallest absolute Gasteiger partial charge is 0.306 e. The summed E-state index contributed by atoms with van der Waals surface area (Å²) in [7, 11) is 0. The highest BCUT2D eigenvalue weighted by Crippen LogP contribution is 2.50. The van der Waals surface area contributed by atoms with Crippen molar-refractivity contribution >= 4 is 23.5 Å². The fourth-order valence-electron chi connectivity index (χ4n) is 3.66. The van der Waals surface area contributed by atoms with E-state index < -0.39 is 11.9 Å². The maximum Gasteiger partial charge on any atom is 0.306 e. The Morgan fingerprint density at radius 1 is 1.29 bits per heavy atom. The third-order valence-electron chi connectivity index (χ3n) is 5.35. The summed E-state index contributed by atoms with van der Waals surface area (Å²) in [5, 5.41) is 12.5. The maximum absolute atomic E-state index is 13.2. The highest BCUT2D eigenvalue weighted by atomic mass is 35.5. The van der Waals surface area contributed by atoms with E-state index >= 15 is 0 Å². The van der Waals surface area contributed by atoms with Crippen LogP contribution in [0.5, 0.6) is 0 Å². The number of carboxylic acid groups (broad SMARTS) is 1. The molecule has 2 N–H and O–H groups in total. The normalized spacial score (nSPS) is 25.1. The minimum atomic E-state index is -0.816. The van der Waals surface area contributed by atoms with Crippen molar-refractivity contribution in [2.45, 2.75) is 43.9 Å². The first-order chi connectivity index (χ1) is 11.4. The Balaban J connectivity index is 1.61. The number of rotatable bonds is 5. The lowest BCUT2D eigenvalue weighted by Crippen LogP contribution is -2.39. The predicted octanol–water partition coefficient (Wildman–Crippen LogP) is 3.52. The number of carbonyl (C=O) groups excluding carboxylic acids is 1. The first-order valence-electron chi connectivity index (χ1n) is 8.37. The van der Waals surface area contributed by atoms with Gasteiger partial charge < -0.3 is 10.4 Å². The molecule has 2 aliphatic carbocycles. The average molecular weight is 354 g/mol. The van der Waals surface area contributed by atoms with Gasteiger partial charge in [-0.3, -0.25) is 9.59 Å². The number of nitrogens with one attached hydrogen (secondary N) is 1. The molecule has 0 aliphatic heterocycles. The van der Waals surface area contributed by atoms with Crippen LogP contribution in [0.1, 0.15) is 44.1 Å². The van der Waals surface area contributed by atoms with Gasteiger partial charge in [-0.25, -0.2) is 4.39 Å². The Labute approximate surface area is 145 Å². The van der Waals surface area contributed by atoms with Crippen LogP contribution in [0, 0.1) is 17.7 Å². The van der Waals surface area contributed by atoms with Crippen molar-refractivity contribution in [1.82, 2.24) is 5.32 Å². The van der Waals surface area contributed by atoms with E-state index in [1.807, 2.05) is 0 Å². The van der Waals surface area contributed by atoms with E-state index in [1.54, 1.807) is 6.07 Å². The van der Waals surface area contributed by atoms with E-state index in [0.717, 1.165) is 31.2 Å². The van der Waals surface area contributed by atoms with Gasteiger partial charge in [0.15, 0.2) is 0 Å². The second kappa shape index (κ2) is 6.71. The van der Waals surface area contributed by atoms with Gasteiger partial charge in [0.1, 0.15) is 5.82 Å². The molecule has 2 saturated carbocycles. The fraction of sp³-hybridized carbons (Fsp3) is 0.556. The van der Waals surface area contributed by atoms with Crippen LogP contribution in [0.25, 0.3) is 0 Å². The SMILES string of the molecule is O=C(O)C1CCCC(C(=O)NCC2(c3ccc(F)cc3Cl)CC2)C1. The van der Waals surface area contributed by atoms with Crippen LogP contribution < -0.4 is 5.32 Å². The van der Waals surface area contributed by atoms with Gasteiger partial charge in [-0.1, -0.05) is 24.1 Å². The van der Waals surface area contributed by atoms with Crippen molar-refractivity contribution in [2.24, 2.45) is 11.8 Å².